The van der Waals surface area contributed by atoms with Crippen LogP contribution in [0, 0.1) is 5.92 Å². The number of carboxylic acids is 1. The molecular weight excluding hydrogens is 352 g/mol. The molecule has 2 N–H and O–H groups in total. The van der Waals surface area contributed by atoms with Crippen molar-refractivity contribution in [1.29, 1.82) is 0 Å². The molecule has 0 radical (unpaired) electrons. The molecule has 0 aliphatic carbocycles. The van der Waals surface area contributed by atoms with Crippen molar-refractivity contribution >= 4 is 23.5 Å². The minimum Gasteiger partial charge on any atom is -0.492 e. The number of aliphatic carboxylic acids is 1. The maximum Gasteiger partial charge on any atom is 0.329 e. The molecule has 0 aromatic heterocycles. The van der Waals surface area contributed by atoms with Gasteiger partial charge in [-0.3, -0.25) is 9.59 Å². The van der Waals surface area contributed by atoms with Gasteiger partial charge in [-0.15, -0.1) is 0 Å². The van der Waals surface area contributed by atoms with Crippen LogP contribution in [0.5, 0.6) is 5.75 Å². The average molecular weight is 376 g/mol. The van der Waals surface area contributed by atoms with Crippen LogP contribution in [-0.2, 0) is 19.1 Å². The van der Waals surface area contributed by atoms with E-state index >= 15 is 0 Å². The maximum atomic E-state index is 12.7. The van der Waals surface area contributed by atoms with Crippen LogP contribution in [-0.4, -0.2) is 54.8 Å². The second-order valence-corrected chi connectivity index (χ2v) is 6.80. The van der Waals surface area contributed by atoms with Crippen LogP contribution in [0.2, 0.25) is 0 Å². The van der Waals surface area contributed by atoms with Crippen molar-refractivity contribution in [3.8, 4) is 5.75 Å². The highest BCUT2D eigenvalue weighted by atomic mass is 16.5. The Bertz CT molecular complexity index is 729. The van der Waals surface area contributed by atoms with Gasteiger partial charge in [-0.05, 0) is 19.1 Å². The van der Waals surface area contributed by atoms with Crippen molar-refractivity contribution in [3.05, 3.63) is 24.3 Å². The van der Waals surface area contributed by atoms with Gasteiger partial charge in [0.05, 0.1) is 18.2 Å². The monoisotopic (exact) mass is 376 g/mol. The zero-order chi connectivity index (χ0) is 19.4. The molecule has 1 aromatic carbocycles. The Labute approximate surface area is 157 Å². The van der Waals surface area contributed by atoms with Crippen LogP contribution in [0.3, 0.4) is 0 Å². The number of rotatable bonds is 6. The summed E-state index contributed by atoms with van der Waals surface area (Å²) >= 11 is 0. The molecule has 2 aliphatic heterocycles. The fourth-order valence-corrected chi connectivity index (χ4v) is 3.52. The van der Waals surface area contributed by atoms with Gasteiger partial charge in [0, 0.05) is 39.0 Å². The van der Waals surface area contributed by atoms with Gasteiger partial charge in [0.15, 0.2) is 0 Å². The van der Waals surface area contributed by atoms with Crippen molar-refractivity contribution < 1.29 is 29.0 Å². The first kappa shape index (κ1) is 19.2. The molecule has 8 nitrogen and oxygen atoms in total. The number of carboxylic acid groups (broad SMARTS) is 1. The lowest BCUT2D eigenvalue weighted by atomic mass is 9.89. The molecule has 27 heavy (non-hydrogen) atoms. The van der Waals surface area contributed by atoms with Crippen molar-refractivity contribution in [2.75, 3.05) is 31.3 Å². The number of amides is 2. The van der Waals surface area contributed by atoms with Gasteiger partial charge in [-0.2, -0.15) is 0 Å². The SMILES string of the molecule is CCOc1ccccc1N1CC(C(=O)NC2(C(=O)O)CCOCC2)CC1=O. The third-order valence-corrected chi connectivity index (χ3v) is 5.07. The first-order chi connectivity index (χ1) is 13.0. The number of hydrogen-bond acceptors (Lipinski definition) is 5. The number of anilines is 1. The molecule has 3 rings (SSSR count). The highest BCUT2D eigenvalue weighted by Crippen LogP contribution is 2.33. The quantitative estimate of drug-likeness (QED) is 0.773. The first-order valence-electron chi connectivity index (χ1n) is 9.12. The number of carbonyl (C=O) groups is 3. The minimum atomic E-state index is -1.32. The van der Waals surface area contributed by atoms with Crippen LogP contribution in [0.1, 0.15) is 26.2 Å². The molecule has 1 atom stereocenters. The van der Waals surface area contributed by atoms with Gasteiger partial charge in [0.2, 0.25) is 11.8 Å². The number of nitrogens with one attached hydrogen (secondary N) is 1. The Kier molecular flexibility index (Phi) is 5.65. The lowest BCUT2D eigenvalue weighted by molar-refractivity contribution is -0.152. The van der Waals surface area contributed by atoms with Gasteiger partial charge in [-0.25, -0.2) is 4.79 Å². The van der Waals surface area contributed by atoms with Crippen molar-refractivity contribution in [1.82, 2.24) is 5.32 Å². The van der Waals surface area contributed by atoms with Crippen LogP contribution in [0.15, 0.2) is 24.3 Å². The summed E-state index contributed by atoms with van der Waals surface area (Å²) in [5.74, 6) is -1.68. The molecule has 2 fully saturated rings. The molecule has 8 heteroatoms. The number of ether oxygens (including phenoxy) is 2. The molecule has 2 aliphatic rings. The van der Waals surface area contributed by atoms with E-state index < -0.39 is 23.3 Å². The molecule has 0 bridgehead atoms. The number of hydrogen-bond donors (Lipinski definition) is 2. The van der Waals surface area contributed by atoms with Crippen LogP contribution >= 0.6 is 0 Å². The Morgan fingerprint density at radius 2 is 2.04 bits per heavy atom. The van der Waals surface area contributed by atoms with E-state index in [9.17, 15) is 19.5 Å². The van der Waals surface area contributed by atoms with E-state index in [0.717, 1.165) is 0 Å². The van der Waals surface area contributed by atoms with E-state index in [2.05, 4.69) is 5.32 Å². The smallest absolute Gasteiger partial charge is 0.329 e. The number of nitrogens with zero attached hydrogens (tertiary/aromatic N) is 1. The Morgan fingerprint density at radius 3 is 2.70 bits per heavy atom. The third-order valence-electron chi connectivity index (χ3n) is 5.07. The van der Waals surface area contributed by atoms with Gasteiger partial charge < -0.3 is 24.8 Å². The van der Waals surface area contributed by atoms with Crippen molar-refractivity contribution in [2.24, 2.45) is 5.92 Å². The summed E-state index contributed by atoms with van der Waals surface area (Å²) in [5.41, 5.74) is -0.701. The number of carbonyl (C=O) groups excluding carboxylic acids is 2. The summed E-state index contributed by atoms with van der Waals surface area (Å²) in [6.45, 7) is 3.08. The van der Waals surface area contributed by atoms with Crippen LogP contribution < -0.4 is 15.0 Å². The fraction of sp³-hybridized carbons (Fsp3) is 0.526. The largest absolute Gasteiger partial charge is 0.492 e. The molecule has 1 unspecified atom stereocenters. The maximum absolute atomic E-state index is 12.7. The van der Waals surface area contributed by atoms with Crippen molar-refractivity contribution in [3.63, 3.8) is 0 Å². The zero-order valence-electron chi connectivity index (χ0n) is 15.3. The summed E-state index contributed by atoms with van der Waals surface area (Å²) in [5, 5.41) is 12.3. The third kappa shape index (κ3) is 3.90. The molecule has 0 saturated carbocycles. The summed E-state index contributed by atoms with van der Waals surface area (Å²) in [7, 11) is 0. The Hall–Kier alpha value is -2.61. The summed E-state index contributed by atoms with van der Waals surface area (Å²) in [4.78, 5) is 38.5. The zero-order valence-corrected chi connectivity index (χ0v) is 15.3. The molecule has 2 saturated heterocycles. The highest BCUT2D eigenvalue weighted by molar-refractivity contribution is 6.02. The van der Waals surface area contributed by atoms with E-state index in [1.54, 1.807) is 18.2 Å². The summed E-state index contributed by atoms with van der Waals surface area (Å²) in [6, 6.07) is 7.18. The van der Waals surface area contributed by atoms with Gasteiger partial charge in [-0.1, -0.05) is 12.1 Å². The predicted octanol–water partition coefficient (Wildman–Crippen LogP) is 1.19. The van der Waals surface area contributed by atoms with Crippen LogP contribution in [0.4, 0.5) is 5.69 Å². The van der Waals surface area contributed by atoms with Gasteiger partial charge in [0.25, 0.3) is 0 Å². The molecular formula is C19H24N2O6. The lowest BCUT2D eigenvalue weighted by Gasteiger charge is -2.34. The average Bonchev–Trinajstić information content (AvgIpc) is 3.05. The minimum absolute atomic E-state index is 0.0402. The molecule has 2 heterocycles. The lowest BCUT2D eigenvalue weighted by Crippen LogP contribution is -2.58. The highest BCUT2D eigenvalue weighted by Gasteiger charge is 2.45. The Balaban J connectivity index is 1.73. The van der Waals surface area contributed by atoms with E-state index in [1.807, 2.05) is 13.0 Å². The van der Waals surface area contributed by atoms with E-state index in [4.69, 9.17) is 9.47 Å². The molecule has 2 amide bonds. The van der Waals surface area contributed by atoms with Crippen molar-refractivity contribution in [2.45, 2.75) is 31.7 Å². The topological polar surface area (TPSA) is 105 Å². The molecule has 0 spiro atoms. The van der Waals surface area contributed by atoms with Gasteiger partial charge >= 0.3 is 5.97 Å². The molecule has 1 aromatic rings. The van der Waals surface area contributed by atoms with Crippen LogP contribution in [0.25, 0.3) is 0 Å². The number of benzene rings is 1. The fourth-order valence-electron chi connectivity index (χ4n) is 3.52. The van der Waals surface area contributed by atoms with Gasteiger partial charge in [0.1, 0.15) is 11.3 Å². The van der Waals surface area contributed by atoms with E-state index in [-0.39, 0.29) is 44.9 Å². The predicted molar refractivity (Wildman–Crippen MR) is 96.6 cm³/mol. The second kappa shape index (κ2) is 7.96. The second-order valence-electron chi connectivity index (χ2n) is 6.80. The van der Waals surface area contributed by atoms with E-state index in [1.165, 1.54) is 4.90 Å². The summed E-state index contributed by atoms with van der Waals surface area (Å²) in [6.07, 6.45) is 0.468. The summed E-state index contributed by atoms with van der Waals surface area (Å²) < 4.78 is 10.8. The standard InChI is InChI=1S/C19H24N2O6/c1-2-27-15-6-4-3-5-14(15)21-12-13(11-16(21)22)17(23)20-19(18(24)25)7-9-26-10-8-19/h3-6,13H,2,7-12H2,1H3,(H,20,23)(H,24,25). The number of para-hydroxylation sites is 2. The Morgan fingerprint density at radius 1 is 1.33 bits per heavy atom. The first-order valence-corrected chi connectivity index (χ1v) is 9.12. The van der Waals surface area contributed by atoms with E-state index in [0.29, 0.717) is 18.0 Å². The normalized spacial score (nSPS) is 21.7. The molecule has 146 valence electrons.